The van der Waals surface area contributed by atoms with Crippen LogP contribution in [0.4, 0.5) is 0 Å². The van der Waals surface area contributed by atoms with Gasteiger partial charge in [-0.3, -0.25) is 4.79 Å². The SMILES string of the molecule is O=C1CCCCC1C1C(Cc2ccccc2)=Cc2ccccc21. The van der Waals surface area contributed by atoms with Crippen LogP contribution < -0.4 is 0 Å². The topological polar surface area (TPSA) is 17.1 Å². The first-order valence-electron chi connectivity index (χ1n) is 8.69. The molecule has 0 spiro atoms. The predicted molar refractivity (Wildman–Crippen MR) is 94.3 cm³/mol. The van der Waals surface area contributed by atoms with Gasteiger partial charge in [-0.05, 0) is 36.0 Å². The van der Waals surface area contributed by atoms with Crippen LogP contribution in [-0.2, 0) is 11.2 Å². The number of carbonyl (C=O) groups is 1. The normalized spacial score (nSPS) is 23.5. The Morgan fingerprint density at radius 1 is 0.913 bits per heavy atom. The van der Waals surface area contributed by atoms with Crippen molar-refractivity contribution in [2.75, 3.05) is 0 Å². The van der Waals surface area contributed by atoms with Gasteiger partial charge in [0.15, 0.2) is 0 Å². The number of ketones is 1. The molecule has 1 nitrogen and oxygen atoms in total. The second kappa shape index (κ2) is 6.16. The second-order valence-corrected chi connectivity index (χ2v) is 6.81. The molecule has 1 heteroatoms. The van der Waals surface area contributed by atoms with E-state index in [1.807, 2.05) is 0 Å². The fourth-order valence-corrected chi connectivity index (χ4v) is 4.24. The molecule has 0 amide bonds. The maximum absolute atomic E-state index is 12.6. The molecule has 2 unspecified atom stereocenters. The first kappa shape index (κ1) is 14.4. The molecule has 0 aliphatic heterocycles. The summed E-state index contributed by atoms with van der Waals surface area (Å²) in [4.78, 5) is 12.6. The molecule has 0 N–H and O–H groups in total. The van der Waals surface area contributed by atoms with Gasteiger partial charge < -0.3 is 0 Å². The minimum absolute atomic E-state index is 0.183. The van der Waals surface area contributed by atoms with Crippen LogP contribution in [0.3, 0.4) is 0 Å². The molecule has 23 heavy (non-hydrogen) atoms. The first-order valence-corrected chi connectivity index (χ1v) is 8.69. The lowest BCUT2D eigenvalue weighted by Crippen LogP contribution is -2.26. The molecule has 0 radical (unpaired) electrons. The van der Waals surface area contributed by atoms with Crippen molar-refractivity contribution in [3.63, 3.8) is 0 Å². The van der Waals surface area contributed by atoms with E-state index in [0.717, 1.165) is 25.7 Å². The Bertz CT molecular complexity index is 742. The Labute approximate surface area is 138 Å². The summed E-state index contributed by atoms with van der Waals surface area (Å²) in [6.07, 6.45) is 7.35. The second-order valence-electron chi connectivity index (χ2n) is 6.81. The summed E-state index contributed by atoms with van der Waals surface area (Å²) < 4.78 is 0. The molecule has 1 fully saturated rings. The lowest BCUT2D eigenvalue weighted by molar-refractivity contribution is -0.125. The molecule has 2 aliphatic rings. The molecule has 2 atom stereocenters. The summed E-state index contributed by atoms with van der Waals surface area (Å²) in [6.45, 7) is 0. The van der Waals surface area contributed by atoms with E-state index in [4.69, 9.17) is 0 Å². The van der Waals surface area contributed by atoms with Crippen LogP contribution in [-0.4, -0.2) is 5.78 Å². The average molecular weight is 302 g/mol. The number of benzene rings is 2. The van der Waals surface area contributed by atoms with Crippen LogP contribution in [0.25, 0.3) is 6.08 Å². The van der Waals surface area contributed by atoms with E-state index in [0.29, 0.717) is 11.7 Å². The van der Waals surface area contributed by atoms with E-state index < -0.39 is 0 Å². The summed E-state index contributed by atoms with van der Waals surface area (Å²) >= 11 is 0. The molecular formula is C22H22O. The van der Waals surface area contributed by atoms with Gasteiger partial charge in [0.25, 0.3) is 0 Å². The summed E-state index contributed by atoms with van der Waals surface area (Å²) in [7, 11) is 0. The quantitative estimate of drug-likeness (QED) is 0.764. The van der Waals surface area contributed by atoms with Crippen molar-refractivity contribution in [3.8, 4) is 0 Å². The number of hydrogen-bond acceptors (Lipinski definition) is 1. The molecule has 4 rings (SSSR count). The number of fused-ring (bicyclic) bond motifs is 1. The van der Waals surface area contributed by atoms with Gasteiger partial charge in [0.2, 0.25) is 0 Å². The van der Waals surface area contributed by atoms with Crippen molar-refractivity contribution >= 4 is 11.9 Å². The van der Waals surface area contributed by atoms with E-state index in [2.05, 4.69) is 60.7 Å². The van der Waals surface area contributed by atoms with Crippen LogP contribution in [0.1, 0.15) is 48.3 Å². The van der Waals surface area contributed by atoms with Gasteiger partial charge in [-0.1, -0.05) is 72.7 Å². The van der Waals surface area contributed by atoms with Crippen molar-refractivity contribution in [2.24, 2.45) is 5.92 Å². The largest absolute Gasteiger partial charge is 0.299 e. The van der Waals surface area contributed by atoms with Crippen LogP contribution in [0.5, 0.6) is 0 Å². The smallest absolute Gasteiger partial charge is 0.136 e. The number of rotatable bonds is 3. The highest BCUT2D eigenvalue weighted by Crippen LogP contribution is 2.46. The molecule has 1 saturated carbocycles. The van der Waals surface area contributed by atoms with Crippen LogP contribution in [0.15, 0.2) is 60.2 Å². The van der Waals surface area contributed by atoms with Gasteiger partial charge in [0.05, 0.1) is 0 Å². The average Bonchev–Trinajstić information content (AvgIpc) is 2.94. The minimum Gasteiger partial charge on any atom is -0.299 e. The third-order valence-corrected chi connectivity index (χ3v) is 5.33. The van der Waals surface area contributed by atoms with Gasteiger partial charge >= 0.3 is 0 Å². The number of allylic oxidation sites excluding steroid dienone is 1. The zero-order valence-electron chi connectivity index (χ0n) is 13.4. The standard InChI is InChI=1S/C22H22O/c23-21-13-7-6-12-20(21)22-18(14-16-8-2-1-3-9-16)15-17-10-4-5-11-19(17)22/h1-5,8-11,15,20,22H,6-7,12-14H2. The van der Waals surface area contributed by atoms with E-state index in [1.54, 1.807) is 0 Å². The highest BCUT2D eigenvalue weighted by Gasteiger charge is 2.36. The van der Waals surface area contributed by atoms with Crippen molar-refractivity contribution in [3.05, 3.63) is 76.9 Å². The molecule has 2 aliphatic carbocycles. The molecule has 116 valence electrons. The predicted octanol–water partition coefficient (Wildman–Crippen LogP) is 5.17. The van der Waals surface area contributed by atoms with Crippen molar-refractivity contribution in [1.29, 1.82) is 0 Å². The van der Waals surface area contributed by atoms with Gasteiger partial charge in [-0.2, -0.15) is 0 Å². The maximum atomic E-state index is 12.6. The molecule has 0 heterocycles. The van der Waals surface area contributed by atoms with E-state index >= 15 is 0 Å². The number of Topliss-reactive ketones (excluding diaryl/α,β-unsaturated/α-hetero) is 1. The fourth-order valence-electron chi connectivity index (χ4n) is 4.24. The maximum Gasteiger partial charge on any atom is 0.136 e. The number of carbonyl (C=O) groups excluding carboxylic acids is 1. The van der Waals surface area contributed by atoms with Crippen LogP contribution >= 0.6 is 0 Å². The van der Waals surface area contributed by atoms with Gasteiger partial charge in [-0.15, -0.1) is 0 Å². The van der Waals surface area contributed by atoms with Crippen LogP contribution in [0.2, 0.25) is 0 Å². The zero-order chi connectivity index (χ0) is 15.6. The monoisotopic (exact) mass is 302 g/mol. The highest BCUT2D eigenvalue weighted by atomic mass is 16.1. The van der Waals surface area contributed by atoms with Gasteiger partial charge in [-0.25, -0.2) is 0 Å². The van der Waals surface area contributed by atoms with Gasteiger partial charge in [0, 0.05) is 18.3 Å². The summed E-state index contributed by atoms with van der Waals surface area (Å²) in [5.74, 6) is 0.943. The molecule has 2 aromatic rings. The van der Waals surface area contributed by atoms with E-state index in [9.17, 15) is 4.79 Å². The molecule has 0 saturated heterocycles. The van der Waals surface area contributed by atoms with Gasteiger partial charge in [0.1, 0.15) is 5.78 Å². The van der Waals surface area contributed by atoms with Crippen molar-refractivity contribution in [2.45, 2.75) is 38.0 Å². The third-order valence-electron chi connectivity index (χ3n) is 5.33. The summed E-state index contributed by atoms with van der Waals surface area (Å²) in [5.41, 5.74) is 5.41. The van der Waals surface area contributed by atoms with E-state index in [1.165, 1.54) is 28.7 Å². The molecular weight excluding hydrogens is 280 g/mol. The Balaban J connectivity index is 1.70. The minimum atomic E-state index is 0.183. The summed E-state index contributed by atoms with van der Waals surface area (Å²) in [6, 6.07) is 19.2. The molecule has 2 aromatic carbocycles. The first-order chi connectivity index (χ1) is 11.3. The van der Waals surface area contributed by atoms with Crippen molar-refractivity contribution < 1.29 is 4.79 Å². The lowest BCUT2D eigenvalue weighted by Gasteiger charge is -2.29. The Morgan fingerprint density at radius 2 is 1.70 bits per heavy atom. The third kappa shape index (κ3) is 2.76. The summed E-state index contributed by atoms with van der Waals surface area (Å²) in [5, 5.41) is 0. The fraction of sp³-hybridized carbons (Fsp3) is 0.318. The Morgan fingerprint density at radius 3 is 2.52 bits per heavy atom. The molecule has 0 aromatic heterocycles. The van der Waals surface area contributed by atoms with Crippen molar-refractivity contribution in [1.82, 2.24) is 0 Å². The van der Waals surface area contributed by atoms with E-state index in [-0.39, 0.29) is 5.92 Å². The lowest BCUT2D eigenvalue weighted by atomic mass is 9.73. The van der Waals surface area contributed by atoms with Crippen LogP contribution in [0, 0.1) is 5.92 Å². The Kier molecular flexibility index (Phi) is 3.87. The highest BCUT2D eigenvalue weighted by molar-refractivity contribution is 5.85. The molecule has 0 bridgehead atoms. The number of hydrogen-bond donors (Lipinski definition) is 0. The Hall–Kier alpha value is -2.15. The zero-order valence-corrected chi connectivity index (χ0v) is 13.4.